The number of nitrogens with one attached hydrogen (secondary N) is 3. The van der Waals surface area contributed by atoms with E-state index in [9.17, 15) is 9.59 Å². The molecule has 0 saturated heterocycles. The fourth-order valence-electron chi connectivity index (χ4n) is 3.05. The van der Waals surface area contributed by atoms with Crippen LogP contribution in [0.15, 0.2) is 41.2 Å². The molecule has 2 amide bonds. The highest BCUT2D eigenvalue weighted by atomic mass is 16.2. The van der Waals surface area contributed by atoms with Crippen LogP contribution >= 0.6 is 0 Å². The molecule has 8 heteroatoms. The second-order valence-corrected chi connectivity index (χ2v) is 8.18. The highest BCUT2D eigenvalue weighted by Crippen LogP contribution is 2.25. The number of aromatic nitrogens is 4. The van der Waals surface area contributed by atoms with Gasteiger partial charge in [-0.2, -0.15) is 9.78 Å². The monoisotopic (exact) mass is 408 g/mol. The molecule has 0 fully saturated rings. The average Bonchev–Trinajstić information content (AvgIpc) is 3.11. The van der Waals surface area contributed by atoms with Gasteiger partial charge in [0.25, 0.3) is 5.56 Å². The summed E-state index contributed by atoms with van der Waals surface area (Å²) in [6.45, 7) is 10.2. The Bertz CT molecular complexity index is 1090. The van der Waals surface area contributed by atoms with E-state index in [2.05, 4.69) is 25.7 Å². The molecule has 0 spiro atoms. The van der Waals surface area contributed by atoms with Gasteiger partial charge in [0.2, 0.25) is 5.95 Å². The Balaban J connectivity index is 1.91. The molecular weight excluding hydrogens is 380 g/mol. The minimum atomic E-state index is -0.371. The molecule has 3 aromatic rings. The van der Waals surface area contributed by atoms with Crippen LogP contribution in [0.1, 0.15) is 50.2 Å². The predicted octanol–water partition coefficient (Wildman–Crippen LogP) is 3.45. The zero-order valence-electron chi connectivity index (χ0n) is 18.0. The van der Waals surface area contributed by atoms with Gasteiger partial charge in [0.05, 0.1) is 5.69 Å². The van der Waals surface area contributed by atoms with Crippen LogP contribution in [0, 0.1) is 6.92 Å². The van der Waals surface area contributed by atoms with Crippen LogP contribution in [0.5, 0.6) is 0 Å². The van der Waals surface area contributed by atoms with E-state index in [4.69, 9.17) is 0 Å². The van der Waals surface area contributed by atoms with Gasteiger partial charge in [-0.3, -0.25) is 15.1 Å². The molecule has 2 aromatic heterocycles. The first-order valence-electron chi connectivity index (χ1n) is 9.98. The van der Waals surface area contributed by atoms with E-state index in [1.165, 1.54) is 4.68 Å². The van der Waals surface area contributed by atoms with Gasteiger partial charge in [-0.15, -0.1) is 0 Å². The van der Waals surface area contributed by atoms with Crippen molar-refractivity contribution in [2.45, 2.75) is 53.0 Å². The number of aryl methyl sites for hydroxylation is 1. The van der Waals surface area contributed by atoms with Crippen LogP contribution in [0.3, 0.4) is 0 Å². The lowest BCUT2D eigenvalue weighted by Crippen LogP contribution is -2.29. The Kier molecular flexibility index (Phi) is 6.05. The zero-order valence-corrected chi connectivity index (χ0v) is 18.0. The molecule has 30 heavy (non-hydrogen) atoms. The van der Waals surface area contributed by atoms with Crippen molar-refractivity contribution in [3.8, 4) is 5.95 Å². The first-order chi connectivity index (χ1) is 14.2. The van der Waals surface area contributed by atoms with Crippen molar-refractivity contribution in [2.24, 2.45) is 0 Å². The van der Waals surface area contributed by atoms with Gasteiger partial charge >= 0.3 is 6.03 Å². The lowest BCUT2D eigenvalue weighted by molar-refractivity contribution is 0.251. The third kappa shape index (κ3) is 4.76. The predicted molar refractivity (Wildman–Crippen MR) is 117 cm³/mol. The number of hydrogen-bond donors (Lipinski definition) is 3. The Morgan fingerprint density at radius 3 is 2.50 bits per heavy atom. The molecule has 1 aromatic carbocycles. The van der Waals surface area contributed by atoms with Crippen LogP contribution in [0.25, 0.3) is 5.95 Å². The number of anilines is 1. The van der Waals surface area contributed by atoms with E-state index in [1.807, 2.05) is 58.0 Å². The second-order valence-electron chi connectivity index (χ2n) is 8.18. The van der Waals surface area contributed by atoms with Gasteiger partial charge in [-0.05, 0) is 18.9 Å². The fraction of sp³-hybridized carbons (Fsp3) is 0.364. The topological polar surface area (TPSA) is 105 Å². The van der Waals surface area contributed by atoms with Crippen LogP contribution in [-0.4, -0.2) is 25.8 Å². The standard InChI is InChI=1S/C22H28N6O2/c1-6-16-14(2)24-20(26-19(16)29)28-18(12-17(27-28)22(3,4)5)25-21(30)23-13-15-10-8-7-9-11-15/h7-12H,6,13H2,1-5H3,(H2,23,25,30)(H,24,26,29). The normalized spacial score (nSPS) is 11.4. The molecule has 0 aliphatic carbocycles. The zero-order chi connectivity index (χ0) is 21.9. The molecule has 3 rings (SSSR count). The summed E-state index contributed by atoms with van der Waals surface area (Å²) in [7, 11) is 0. The number of rotatable bonds is 5. The third-order valence-corrected chi connectivity index (χ3v) is 4.78. The van der Waals surface area contributed by atoms with E-state index >= 15 is 0 Å². The number of hydrogen-bond acceptors (Lipinski definition) is 4. The maximum Gasteiger partial charge on any atom is 0.320 e. The molecule has 8 nitrogen and oxygen atoms in total. The van der Waals surface area contributed by atoms with Gasteiger partial charge in [-0.25, -0.2) is 9.78 Å². The Labute approximate surface area is 175 Å². The minimum absolute atomic E-state index is 0.202. The van der Waals surface area contributed by atoms with Gasteiger partial charge in [0.15, 0.2) is 0 Å². The molecule has 0 atom stereocenters. The Morgan fingerprint density at radius 2 is 1.90 bits per heavy atom. The summed E-state index contributed by atoms with van der Waals surface area (Å²) in [4.78, 5) is 32.2. The van der Waals surface area contributed by atoms with Crippen molar-refractivity contribution in [1.82, 2.24) is 25.1 Å². The van der Waals surface area contributed by atoms with Gasteiger partial charge in [0.1, 0.15) is 5.82 Å². The molecule has 2 heterocycles. The summed E-state index contributed by atoms with van der Waals surface area (Å²) in [5.74, 6) is 0.695. The highest BCUT2D eigenvalue weighted by molar-refractivity contribution is 5.88. The Morgan fingerprint density at radius 1 is 1.20 bits per heavy atom. The number of H-pyrrole nitrogens is 1. The molecule has 0 radical (unpaired) electrons. The lowest BCUT2D eigenvalue weighted by atomic mass is 9.92. The summed E-state index contributed by atoms with van der Waals surface area (Å²) < 4.78 is 1.47. The number of nitrogens with zero attached hydrogens (tertiary/aromatic N) is 3. The summed E-state index contributed by atoms with van der Waals surface area (Å²) in [6.07, 6.45) is 0.591. The molecule has 0 aliphatic heterocycles. The van der Waals surface area contributed by atoms with Crippen molar-refractivity contribution in [1.29, 1.82) is 0 Å². The molecule has 0 aliphatic rings. The Hall–Kier alpha value is -3.42. The first kappa shape index (κ1) is 21.3. The molecule has 158 valence electrons. The fourth-order valence-corrected chi connectivity index (χ4v) is 3.05. The SMILES string of the molecule is CCc1c(C)nc(-n2nc(C(C)(C)C)cc2NC(=O)NCc2ccccc2)[nH]c1=O. The van der Waals surface area contributed by atoms with Crippen molar-refractivity contribution < 1.29 is 4.79 Å². The van der Waals surface area contributed by atoms with Crippen LogP contribution in [-0.2, 0) is 18.4 Å². The lowest BCUT2D eigenvalue weighted by Gasteiger charge is -2.14. The molecule has 0 saturated carbocycles. The van der Waals surface area contributed by atoms with E-state index in [0.29, 0.717) is 30.0 Å². The van der Waals surface area contributed by atoms with Gasteiger partial charge < -0.3 is 5.32 Å². The summed E-state index contributed by atoms with van der Waals surface area (Å²) in [5.41, 5.74) is 2.59. The molecule has 0 unspecified atom stereocenters. The maximum absolute atomic E-state index is 12.5. The van der Waals surface area contributed by atoms with E-state index in [-0.39, 0.29) is 23.0 Å². The average molecular weight is 409 g/mol. The summed E-state index contributed by atoms with van der Waals surface area (Å²) in [6, 6.07) is 11.1. The summed E-state index contributed by atoms with van der Waals surface area (Å²) >= 11 is 0. The quantitative estimate of drug-likeness (QED) is 0.601. The van der Waals surface area contributed by atoms with Crippen molar-refractivity contribution in [2.75, 3.05) is 5.32 Å². The van der Waals surface area contributed by atoms with Crippen molar-refractivity contribution in [3.63, 3.8) is 0 Å². The number of carbonyl (C=O) groups is 1. The van der Waals surface area contributed by atoms with Crippen molar-refractivity contribution in [3.05, 3.63) is 69.3 Å². The highest BCUT2D eigenvalue weighted by Gasteiger charge is 2.23. The van der Waals surface area contributed by atoms with Crippen LogP contribution in [0.4, 0.5) is 10.6 Å². The molecule has 0 bridgehead atoms. The second kappa shape index (κ2) is 8.52. The van der Waals surface area contributed by atoms with Gasteiger partial charge in [0, 0.05) is 29.3 Å². The van der Waals surface area contributed by atoms with Gasteiger partial charge in [-0.1, -0.05) is 58.0 Å². The van der Waals surface area contributed by atoms with E-state index in [1.54, 1.807) is 13.0 Å². The van der Waals surface area contributed by atoms with E-state index < -0.39 is 0 Å². The van der Waals surface area contributed by atoms with Crippen molar-refractivity contribution >= 4 is 11.8 Å². The number of benzene rings is 1. The number of carbonyl (C=O) groups excluding carboxylic acids is 1. The minimum Gasteiger partial charge on any atom is -0.334 e. The maximum atomic E-state index is 12.5. The third-order valence-electron chi connectivity index (χ3n) is 4.78. The first-order valence-corrected chi connectivity index (χ1v) is 9.98. The van der Waals surface area contributed by atoms with Crippen LogP contribution in [0.2, 0.25) is 0 Å². The smallest absolute Gasteiger partial charge is 0.320 e. The molecule has 3 N–H and O–H groups in total. The number of aromatic amines is 1. The largest absolute Gasteiger partial charge is 0.334 e. The summed E-state index contributed by atoms with van der Waals surface area (Å²) in [5, 5.41) is 10.3. The van der Waals surface area contributed by atoms with Crippen LogP contribution < -0.4 is 16.2 Å². The number of urea groups is 1. The molecular formula is C22H28N6O2. The van der Waals surface area contributed by atoms with E-state index in [0.717, 1.165) is 11.3 Å². The number of amides is 2.